The monoisotopic (exact) mass is 206 g/mol. The van der Waals surface area contributed by atoms with Gasteiger partial charge in [0, 0.05) is 0 Å². The Morgan fingerprint density at radius 1 is 1.36 bits per heavy atom. The fourth-order valence-electron chi connectivity index (χ4n) is 1.12. The molecule has 4 atom stereocenters. The van der Waals surface area contributed by atoms with E-state index in [0.717, 1.165) is 0 Å². The van der Waals surface area contributed by atoms with Gasteiger partial charge in [0.15, 0.2) is 12.2 Å². The van der Waals surface area contributed by atoms with Crippen LogP contribution in [0.1, 0.15) is 0 Å². The number of aliphatic hydroxyl groups excluding tert-OH is 4. The van der Waals surface area contributed by atoms with Gasteiger partial charge < -0.3 is 25.2 Å². The molecule has 80 valence electrons. The van der Waals surface area contributed by atoms with E-state index in [1.54, 1.807) is 0 Å². The highest BCUT2D eigenvalue weighted by molar-refractivity contribution is 6.36. The first-order chi connectivity index (χ1) is 6.49. The molecule has 1 heterocycles. The summed E-state index contributed by atoms with van der Waals surface area (Å²) in [6, 6.07) is 0. The molecule has 4 unspecified atom stereocenters. The quantitative estimate of drug-likeness (QED) is 0.273. The van der Waals surface area contributed by atoms with Gasteiger partial charge in [0.2, 0.25) is 0 Å². The van der Waals surface area contributed by atoms with Crippen molar-refractivity contribution in [1.29, 1.82) is 0 Å². The largest absolute Gasteiger partial charge is 0.451 e. The first-order valence-corrected chi connectivity index (χ1v) is 3.89. The van der Waals surface area contributed by atoms with Crippen molar-refractivity contribution in [2.45, 2.75) is 24.4 Å². The summed E-state index contributed by atoms with van der Waals surface area (Å²) in [5.74, 6) is -2.60. The Bertz CT molecular complexity index is 250. The van der Waals surface area contributed by atoms with Gasteiger partial charge in [0.25, 0.3) is 5.78 Å². The molecule has 0 radical (unpaired) electrons. The van der Waals surface area contributed by atoms with Crippen LogP contribution in [-0.4, -0.2) is 63.2 Å². The molecule has 0 aliphatic carbocycles. The molecular weight excluding hydrogens is 196 g/mol. The van der Waals surface area contributed by atoms with Gasteiger partial charge in [-0.3, -0.25) is 4.79 Å². The average molecular weight is 206 g/mol. The maximum Gasteiger partial charge on any atom is 0.378 e. The van der Waals surface area contributed by atoms with Crippen molar-refractivity contribution in [1.82, 2.24) is 0 Å². The number of carbonyl (C=O) groups excluding carboxylic acids is 2. The van der Waals surface area contributed by atoms with E-state index in [9.17, 15) is 14.7 Å². The number of Topliss-reactive ketones (excluding diaryl/α,β-unsaturated/α-hetero) is 1. The molecule has 1 aliphatic rings. The van der Waals surface area contributed by atoms with Crippen LogP contribution < -0.4 is 0 Å². The minimum Gasteiger partial charge on any atom is -0.451 e. The van der Waals surface area contributed by atoms with E-state index in [0.29, 0.717) is 0 Å². The van der Waals surface area contributed by atoms with Crippen molar-refractivity contribution < 1.29 is 34.8 Å². The van der Waals surface area contributed by atoms with Crippen molar-refractivity contribution in [2.24, 2.45) is 0 Å². The van der Waals surface area contributed by atoms with Crippen LogP contribution in [0.3, 0.4) is 0 Å². The van der Waals surface area contributed by atoms with Gasteiger partial charge in [-0.05, 0) is 0 Å². The van der Waals surface area contributed by atoms with Gasteiger partial charge >= 0.3 is 5.97 Å². The molecule has 0 bridgehead atoms. The van der Waals surface area contributed by atoms with Gasteiger partial charge in [0.1, 0.15) is 12.2 Å². The summed E-state index contributed by atoms with van der Waals surface area (Å²) in [7, 11) is 0. The van der Waals surface area contributed by atoms with Crippen molar-refractivity contribution in [3.05, 3.63) is 0 Å². The number of cyclic esters (lactones) is 1. The van der Waals surface area contributed by atoms with Crippen LogP contribution in [0.15, 0.2) is 0 Å². The molecule has 0 aromatic rings. The SMILES string of the molecule is O=C1OC(C(O)CO)C(O)C(O)C1=O. The molecule has 0 aromatic carbocycles. The number of rotatable bonds is 2. The molecular formula is C7H10O7. The van der Waals surface area contributed by atoms with E-state index in [4.69, 9.17) is 15.3 Å². The highest BCUT2D eigenvalue weighted by atomic mass is 16.6. The van der Waals surface area contributed by atoms with E-state index in [1.165, 1.54) is 0 Å². The Morgan fingerprint density at radius 3 is 2.43 bits per heavy atom. The van der Waals surface area contributed by atoms with Crippen LogP contribution in [0, 0.1) is 0 Å². The molecule has 0 aromatic heterocycles. The van der Waals surface area contributed by atoms with E-state index >= 15 is 0 Å². The van der Waals surface area contributed by atoms with Gasteiger partial charge in [0.05, 0.1) is 6.61 Å². The van der Waals surface area contributed by atoms with E-state index < -0.39 is 42.8 Å². The van der Waals surface area contributed by atoms with Crippen LogP contribution in [-0.2, 0) is 14.3 Å². The third-order valence-electron chi connectivity index (χ3n) is 1.94. The van der Waals surface area contributed by atoms with Gasteiger partial charge in [-0.15, -0.1) is 0 Å². The fourth-order valence-corrected chi connectivity index (χ4v) is 1.12. The molecule has 7 heteroatoms. The average Bonchev–Trinajstić information content (AvgIpc) is 2.19. The molecule has 0 amide bonds. The lowest BCUT2D eigenvalue weighted by molar-refractivity contribution is -0.196. The summed E-state index contributed by atoms with van der Waals surface area (Å²) in [5.41, 5.74) is 0. The first-order valence-electron chi connectivity index (χ1n) is 3.89. The summed E-state index contributed by atoms with van der Waals surface area (Å²) < 4.78 is 4.33. The Balaban J connectivity index is 2.80. The Morgan fingerprint density at radius 2 is 1.93 bits per heavy atom. The molecule has 14 heavy (non-hydrogen) atoms. The second kappa shape index (κ2) is 4.01. The minimum absolute atomic E-state index is 0.754. The molecule has 1 saturated heterocycles. The topological polar surface area (TPSA) is 124 Å². The highest BCUT2D eigenvalue weighted by Gasteiger charge is 2.46. The number of aliphatic hydroxyl groups is 4. The predicted octanol–water partition coefficient (Wildman–Crippen LogP) is -3.44. The summed E-state index contributed by atoms with van der Waals surface area (Å²) in [4.78, 5) is 21.5. The zero-order valence-corrected chi connectivity index (χ0v) is 7.03. The summed E-state index contributed by atoms with van der Waals surface area (Å²) in [6.07, 6.45) is -6.65. The summed E-state index contributed by atoms with van der Waals surface area (Å²) in [6.45, 7) is -0.754. The van der Waals surface area contributed by atoms with Crippen molar-refractivity contribution in [2.75, 3.05) is 6.61 Å². The van der Waals surface area contributed by atoms with Crippen LogP contribution in [0.4, 0.5) is 0 Å². The third-order valence-corrected chi connectivity index (χ3v) is 1.94. The zero-order valence-electron chi connectivity index (χ0n) is 7.03. The van der Waals surface area contributed by atoms with Gasteiger partial charge in [-0.2, -0.15) is 0 Å². The highest BCUT2D eigenvalue weighted by Crippen LogP contribution is 2.16. The summed E-state index contributed by atoms with van der Waals surface area (Å²) >= 11 is 0. The summed E-state index contributed by atoms with van der Waals surface area (Å²) in [5, 5.41) is 35.8. The third kappa shape index (κ3) is 1.75. The maximum atomic E-state index is 10.8. The van der Waals surface area contributed by atoms with E-state index in [2.05, 4.69) is 4.74 Å². The van der Waals surface area contributed by atoms with Crippen LogP contribution in [0.5, 0.6) is 0 Å². The molecule has 0 spiro atoms. The zero-order chi connectivity index (χ0) is 10.9. The second-order valence-electron chi connectivity index (χ2n) is 2.92. The van der Waals surface area contributed by atoms with Crippen molar-refractivity contribution in [3.8, 4) is 0 Å². The number of carbonyl (C=O) groups is 2. The smallest absolute Gasteiger partial charge is 0.378 e. The molecule has 0 saturated carbocycles. The van der Waals surface area contributed by atoms with Crippen molar-refractivity contribution >= 4 is 11.8 Å². The minimum atomic E-state index is -1.91. The van der Waals surface area contributed by atoms with Crippen LogP contribution in [0.25, 0.3) is 0 Å². The molecule has 1 aliphatic heterocycles. The number of esters is 1. The number of hydrogen-bond donors (Lipinski definition) is 4. The fraction of sp³-hybridized carbons (Fsp3) is 0.714. The molecule has 4 N–H and O–H groups in total. The first kappa shape index (κ1) is 11.1. The van der Waals surface area contributed by atoms with Crippen LogP contribution >= 0.6 is 0 Å². The van der Waals surface area contributed by atoms with Crippen molar-refractivity contribution in [3.63, 3.8) is 0 Å². The molecule has 7 nitrogen and oxygen atoms in total. The Hall–Kier alpha value is -1.02. The molecule has 1 fully saturated rings. The van der Waals surface area contributed by atoms with E-state index in [-0.39, 0.29) is 0 Å². The number of ether oxygens (including phenoxy) is 1. The Kier molecular flexibility index (Phi) is 3.17. The van der Waals surface area contributed by atoms with Gasteiger partial charge in [-0.25, -0.2) is 4.79 Å². The molecule has 1 rings (SSSR count). The lowest BCUT2D eigenvalue weighted by Gasteiger charge is -2.32. The van der Waals surface area contributed by atoms with Gasteiger partial charge in [-0.1, -0.05) is 0 Å². The normalized spacial score (nSPS) is 35.3. The van der Waals surface area contributed by atoms with E-state index in [1.807, 2.05) is 0 Å². The lowest BCUT2D eigenvalue weighted by Crippen LogP contribution is -2.57. The maximum absolute atomic E-state index is 10.8. The lowest BCUT2D eigenvalue weighted by atomic mass is 9.97. The second-order valence-corrected chi connectivity index (χ2v) is 2.92. The van der Waals surface area contributed by atoms with Crippen LogP contribution in [0.2, 0.25) is 0 Å². The number of ketones is 1. The standard InChI is InChI=1S/C7H10O7/c8-1-2(9)6-4(11)3(10)5(12)7(13)14-6/h2-4,6,8-11H,1H2. The Labute approximate surface area is 78.5 Å². The number of hydrogen-bond acceptors (Lipinski definition) is 7. The predicted molar refractivity (Wildman–Crippen MR) is 40.0 cm³/mol.